The lowest BCUT2D eigenvalue weighted by Crippen LogP contribution is -2.17. The van der Waals surface area contributed by atoms with E-state index in [1.165, 1.54) is 0 Å². The van der Waals surface area contributed by atoms with E-state index < -0.39 is 5.97 Å². The molecule has 0 unspecified atom stereocenters. The van der Waals surface area contributed by atoms with Crippen molar-refractivity contribution in [3.05, 3.63) is 0 Å². The van der Waals surface area contributed by atoms with Crippen molar-refractivity contribution in [1.29, 1.82) is 5.41 Å². The van der Waals surface area contributed by atoms with Gasteiger partial charge in [0.25, 0.3) is 0 Å². The molecular formula is C9H14N2O2. The SMILES string of the molecule is C#CCOC(=O)C(=N)CCCCN. The summed E-state index contributed by atoms with van der Waals surface area (Å²) in [5.74, 6) is 1.53. The van der Waals surface area contributed by atoms with E-state index in [0.29, 0.717) is 13.0 Å². The molecule has 0 aromatic heterocycles. The number of carbonyl (C=O) groups is 1. The maximum absolute atomic E-state index is 10.9. The predicted octanol–water partition coefficient (Wildman–Crippen LogP) is 0.312. The Labute approximate surface area is 78.0 Å². The molecule has 4 nitrogen and oxygen atoms in total. The zero-order valence-corrected chi connectivity index (χ0v) is 7.51. The normalized spacial score (nSPS) is 8.92. The summed E-state index contributed by atoms with van der Waals surface area (Å²) in [6, 6.07) is 0. The molecule has 4 heteroatoms. The van der Waals surface area contributed by atoms with Crippen molar-refractivity contribution >= 4 is 11.7 Å². The third-order valence-electron chi connectivity index (χ3n) is 1.41. The Morgan fingerprint density at radius 2 is 2.23 bits per heavy atom. The Morgan fingerprint density at radius 1 is 1.54 bits per heavy atom. The van der Waals surface area contributed by atoms with Crippen LogP contribution < -0.4 is 5.73 Å². The first-order chi connectivity index (χ1) is 6.22. The number of carbonyl (C=O) groups excluding carboxylic acids is 1. The van der Waals surface area contributed by atoms with Crippen LogP contribution in [-0.4, -0.2) is 24.8 Å². The minimum atomic E-state index is -0.630. The summed E-state index contributed by atoms with van der Waals surface area (Å²) >= 11 is 0. The fourth-order valence-corrected chi connectivity index (χ4v) is 0.743. The number of nitrogens with two attached hydrogens (primary N) is 1. The van der Waals surface area contributed by atoms with Crippen LogP contribution in [0.1, 0.15) is 19.3 Å². The van der Waals surface area contributed by atoms with Gasteiger partial charge in [0.2, 0.25) is 0 Å². The molecule has 0 saturated heterocycles. The first-order valence-corrected chi connectivity index (χ1v) is 4.10. The third kappa shape index (κ3) is 5.88. The van der Waals surface area contributed by atoms with Crippen LogP contribution in [0.15, 0.2) is 0 Å². The van der Waals surface area contributed by atoms with E-state index in [1.54, 1.807) is 0 Å². The summed E-state index contributed by atoms with van der Waals surface area (Å²) in [5.41, 5.74) is 5.22. The smallest absolute Gasteiger partial charge is 0.352 e. The number of nitrogens with one attached hydrogen (secondary N) is 1. The van der Waals surface area contributed by atoms with Crippen molar-refractivity contribution in [2.24, 2.45) is 5.73 Å². The lowest BCUT2D eigenvalue weighted by atomic mass is 10.2. The highest BCUT2D eigenvalue weighted by Gasteiger charge is 2.08. The van der Waals surface area contributed by atoms with E-state index in [2.05, 4.69) is 10.7 Å². The minimum Gasteiger partial charge on any atom is -0.448 e. The van der Waals surface area contributed by atoms with Crippen LogP contribution in [0.3, 0.4) is 0 Å². The fourth-order valence-electron chi connectivity index (χ4n) is 0.743. The number of rotatable bonds is 6. The van der Waals surface area contributed by atoms with E-state index in [4.69, 9.17) is 17.6 Å². The van der Waals surface area contributed by atoms with E-state index in [9.17, 15) is 4.79 Å². The van der Waals surface area contributed by atoms with Crippen LogP contribution >= 0.6 is 0 Å². The van der Waals surface area contributed by atoms with Gasteiger partial charge < -0.3 is 10.5 Å². The summed E-state index contributed by atoms with van der Waals surface area (Å²) in [5, 5.41) is 7.27. The number of hydrogen-bond acceptors (Lipinski definition) is 4. The summed E-state index contributed by atoms with van der Waals surface area (Å²) in [6.07, 6.45) is 6.83. The molecule has 0 spiro atoms. The molecule has 0 aliphatic heterocycles. The van der Waals surface area contributed by atoms with Gasteiger partial charge in [-0.25, -0.2) is 4.79 Å². The second-order valence-electron chi connectivity index (χ2n) is 2.50. The molecule has 0 aliphatic rings. The van der Waals surface area contributed by atoms with Gasteiger partial charge in [-0.3, -0.25) is 5.41 Å². The minimum absolute atomic E-state index is 0.0382. The summed E-state index contributed by atoms with van der Waals surface area (Å²) in [6.45, 7) is 0.505. The van der Waals surface area contributed by atoms with Crippen molar-refractivity contribution < 1.29 is 9.53 Å². The molecule has 0 heterocycles. The highest BCUT2D eigenvalue weighted by Crippen LogP contribution is 1.96. The van der Waals surface area contributed by atoms with E-state index >= 15 is 0 Å². The van der Waals surface area contributed by atoms with Gasteiger partial charge in [-0.2, -0.15) is 0 Å². The third-order valence-corrected chi connectivity index (χ3v) is 1.41. The lowest BCUT2D eigenvalue weighted by Gasteiger charge is -2.01. The predicted molar refractivity (Wildman–Crippen MR) is 50.4 cm³/mol. The van der Waals surface area contributed by atoms with E-state index in [1.807, 2.05) is 0 Å². The van der Waals surface area contributed by atoms with Crippen LogP contribution in [0.5, 0.6) is 0 Å². The molecule has 72 valence electrons. The monoisotopic (exact) mass is 182 g/mol. The summed E-state index contributed by atoms with van der Waals surface area (Å²) in [7, 11) is 0. The molecule has 0 aromatic rings. The molecule has 0 aliphatic carbocycles. The fraction of sp³-hybridized carbons (Fsp3) is 0.556. The van der Waals surface area contributed by atoms with Crippen LogP contribution in [0, 0.1) is 17.8 Å². The topological polar surface area (TPSA) is 76.2 Å². The van der Waals surface area contributed by atoms with Crippen LogP contribution in [0.2, 0.25) is 0 Å². The number of terminal acetylenes is 1. The van der Waals surface area contributed by atoms with Crippen molar-refractivity contribution in [3.8, 4) is 12.3 Å². The lowest BCUT2D eigenvalue weighted by molar-refractivity contribution is -0.134. The molecule has 3 N–H and O–H groups in total. The van der Waals surface area contributed by atoms with Crippen molar-refractivity contribution in [3.63, 3.8) is 0 Å². The zero-order valence-electron chi connectivity index (χ0n) is 7.51. The number of ether oxygens (including phenoxy) is 1. The van der Waals surface area contributed by atoms with Gasteiger partial charge in [0.15, 0.2) is 6.61 Å². The Morgan fingerprint density at radius 3 is 2.77 bits per heavy atom. The average molecular weight is 182 g/mol. The molecule has 0 fully saturated rings. The Bertz CT molecular complexity index is 218. The van der Waals surface area contributed by atoms with Gasteiger partial charge in [-0.1, -0.05) is 5.92 Å². The van der Waals surface area contributed by atoms with Gasteiger partial charge in [0, 0.05) is 0 Å². The van der Waals surface area contributed by atoms with Gasteiger partial charge in [-0.15, -0.1) is 6.42 Å². The van der Waals surface area contributed by atoms with Crippen molar-refractivity contribution in [2.45, 2.75) is 19.3 Å². The molecule has 0 aromatic carbocycles. The maximum atomic E-state index is 10.9. The van der Waals surface area contributed by atoms with E-state index in [-0.39, 0.29) is 12.3 Å². The van der Waals surface area contributed by atoms with Crippen LogP contribution in [-0.2, 0) is 9.53 Å². The van der Waals surface area contributed by atoms with Gasteiger partial charge in [-0.05, 0) is 25.8 Å². The van der Waals surface area contributed by atoms with Crippen molar-refractivity contribution in [2.75, 3.05) is 13.2 Å². The Kier molecular flexibility index (Phi) is 6.56. The van der Waals surface area contributed by atoms with Crippen molar-refractivity contribution in [1.82, 2.24) is 0 Å². The first kappa shape index (κ1) is 11.7. The standard InChI is InChI=1S/C9H14N2O2/c1-2-7-13-9(12)8(11)5-3-4-6-10/h1,11H,3-7,10H2. The van der Waals surface area contributed by atoms with Gasteiger partial charge in [0.05, 0.1) is 0 Å². The molecule has 13 heavy (non-hydrogen) atoms. The number of esters is 1. The first-order valence-electron chi connectivity index (χ1n) is 4.10. The van der Waals surface area contributed by atoms with Gasteiger partial charge >= 0.3 is 5.97 Å². The molecule has 0 amide bonds. The van der Waals surface area contributed by atoms with E-state index in [0.717, 1.165) is 12.8 Å². The van der Waals surface area contributed by atoms with Gasteiger partial charge in [0.1, 0.15) is 5.71 Å². The zero-order chi connectivity index (χ0) is 10.1. The summed E-state index contributed by atoms with van der Waals surface area (Å²) in [4.78, 5) is 10.9. The highest BCUT2D eigenvalue weighted by molar-refractivity contribution is 6.35. The molecule has 0 rings (SSSR count). The van der Waals surface area contributed by atoms with Crippen LogP contribution in [0.4, 0.5) is 0 Å². The largest absolute Gasteiger partial charge is 0.448 e. The molecule has 0 radical (unpaired) electrons. The quantitative estimate of drug-likeness (QED) is 0.268. The molecule has 0 atom stereocenters. The number of hydrogen-bond donors (Lipinski definition) is 2. The average Bonchev–Trinajstić information content (AvgIpc) is 2.14. The molecular weight excluding hydrogens is 168 g/mol. The Balaban J connectivity index is 3.59. The van der Waals surface area contributed by atoms with Crippen LogP contribution in [0.25, 0.3) is 0 Å². The maximum Gasteiger partial charge on any atom is 0.352 e. The molecule has 0 saturated carbocycles. The summed E-state index contributed by atoms with van der Waals surface area (Å²) < 4.78 is 4.55. The highest BCUT2D eigenvalue weighted by atomic mass is 16.5. The Hall–Kier alpha value is -1.34. The second-order valence-corrected chi connectivity index (χ2v) is 2.50. The molecule has 0 bridgehead atoms. The number of unbranched alkanes of at least 4 members (excludes halogenated alkanes) is 1. The second kappa shape index (κ2) is 7.32.